The Labute approximate surface area is 114 Å². The predicted octanol–water partition coefficient (Wildman–Crippen LogP) is 2.91. The Hall–Kier alpha value is -1.42. The Bertz CT molecular complexity index is 395. The van der Waals surface area contributed by atoms with Crippen molar-refractivity contribution < 1.29 is 9.18 Å². The molecule has 1 aromatic rings. The van der Waals surface area contributed by atoms with Crippen molar-refractivity contribution in [2.24, 2.45) is 5.73 Å². The van der Waals surface area contributed by atoms with Gasteiger partial charge in [0.15, 0.2) is 0 Å². The van der Waals surface area contributed by atoms with Crippen molar-refractivity contribution in [1.82, 2.24) is 5.32 Å². The Balaban J connectivity index is 2.28. The number of rotatable bonds is 8. The number of carbonyl (C=O) groups is 1. The van der Waals surface area contributed by atoms with Crippen molar-refractivity contribution >= 4 is 5.91 Å². The van der Waals surface area contributed by atoms with Gasteiger partial charge in [-0.2, -0.15) is 0 Å². The molecule has 1 amide bonds. The van der Waals surface area contributed by atoms with Gasteiger partial charge in [0.2, 0.25) is 5.91 Å². The number of hydrogen-bond donors (Lipinski definition) is 2. The van der Waals surface area contributed by atoms with E-state index in [1.165, 1.54) is 12.1 Å². The quantitative estimate of drug-likeness (QED) is 0.711. The van der Waals surface area contributed by atoms with Crippen LogP contribution in [0.5, 0.6) is 0 Å². The number of nitrogens with one attached hydrogen (secondary N) is 1. The van der Waals surface area contributed by atoms with Crippen molar-refractivity contribution in [3.05, 3.63) is 35.6 Å². The second-order valence-electron chi connectivity index (χ2n) is 4.80. The van der Waals surface area contributed by atoms with Gasteiger partial charge in [-0.3, -0.25) is 4.79 Å². The normalized spacial score (nSPS) is 12.2. The molecule has 0 fully saturated rings. The van der Waals surface area contributed by atoms with Crippen LogP contribution >= 0.6 is 0 Å². The monoisotopic (exact) mass is 266 g/mol. The highest BCUT2D eigenvalue weighted by Crippen LogP contribution is 2.14. The van der Waals surface area contributed by atoms with E-state index in [-0.39, 0.29) is 17.8 Å². The fraction of sp³-hybridized carbons (Fsp3) is 0.533. The molecular weight excluding hydrogens is 243 g/mol. The molecule has 0 unspecified atom stereocenters. The third-order valence-corrected chi connectivity index (χ3v) is 3.08. The van der Waals surface area contributed by atoms with E-state index in [2.05, 4.69) is 5.32 Å². The molecule has 0 aliphatic carbocycles. The van der Waals surface area contributed by atoms with Gasteiger partial charge < -0.3 is 11.1 Å². The van der Waals surface area contributed by atoms with E-state index in [1.807, 2.05) is 13.0 Å². The molecule has 0 aliphatic rings. The lowest BCUT2D eigenvalue weighted by atomic mass is 10.1. The third kappa shape index (κ3) is 6.34. The number of amides is 1. The molecule has 19 heavy (non-hydrogen) atoms. The third-order valence-electron chi connectivity index (χ3n) is 3.08. The molecule has 0 heterocycles. The van der Waals surface area contributed by atoms with Crippen LogP contribution in [0.4, 0.5) is 4.39 Å². The fourth-order valence-corrected chi connectivity index (χ4v) is 1.96. The lowest BCUT2D eigenvalue weighted by Gasteiger charge is -2.14. The van der Waals surface area contributed by atoms with Gasteiger partial charge in [0.25, 0.3) is 0 Å². The van der Waals surface area contributed by atoms with Crippen molar-refractivity contribution in [1.29, 1.82) is 0 Å². The summed E-state index contributed by atoms with van der Waals surface area (Å²) in [6.07, 6.45) is 4.51. The molecule has 0 spiro atoms. The first-order chi connectivity index (χ1) is 9.13. The largest absolute Gasteiger partial charge is 0.350 e. The second kappa shape index (κ2) is 8.64. The molecule has 0 saturated heterocycles. The summed E-state index contributed by atoms with van der Waals surface area (Å²) in [6.45, 7) is 2.57. The first kappa shape index (κ1) is 15.6. The van der Waals surface area contributed by atoms with Gasteiger partial charge in [-0.25, -0.2) is 4.39 Å². The van der Waals surface area contributed by atoms with E-state index in [9.17, 15) is 9.18 Å². The van der Waals surface area contributed by atoms with E-state index < -0.39 is 0 Å². The van der Waals surface area contributed by atoms with Crippen LogP contribution in [0.2, 0.25) is 0 Å². The molecule has 0 radical (unpaired) electrons. The van der Waals surface area contributed by atoms with Crippen LogP contribution in [0.3, 0.4) is 0 Å². The van der Waals surface area contributed by atoms with Gasteiger partial charge in [0.1, 0.15) is 5.82 Å². The SMILES string of the molecule is C[C@@H](NC(=O)CCCCCCN)c1cccc(F)c1. The Kier molecular flexibility index (Phi) is 7.11. The molecule has 1 rings (SSSR count). The summed E-state index contributed by atoms with van der Waals surface area (Å²) in [5.41, 5.74) is 6.19. The molecule has 3 N–H and O–H groups in total. The number of carbonyl (C=O) groups excluding carboxylic acids is 1. The van der Waals surface area contributed by atoms with Gasteiger partial charge >= 0.3 is 0 Å². The van der Waals surface area contributed by atoms with E-state index in [0.717, 1.165) is 31.2 Å². The molecular formula is C15H23FN2O. The van der Waals surface area contributed by atoms with Crippen molar-refractivity contribution in [2.45, 2.75) is 45.1 Å². The van der Waals surface area contributed by atoms with E-state index >= 15 is 0 Å². The number of benzene rings is 1. The van der Waals surface area contributed by atoms with E-state index in [1.54, 1.807) is 6.07 Å². The summed E-state index contributed by atoms with van der Waals surface area (Å²) < 4.78 is 13.1. The fourth-order valence-electron chi connectivity index (χ4n) is 1.96. The smallest absolute Gasteiger partial charge is 0.220 e. The molecule has 0 aromatic heterocycles. The molecule has 106 valence electrons. The lowest BCUT2D eigenvalue weighted by Crippen LogP contribution is -2.26. The molecule has 3 nitrogen and oxygen atoms in total. The molecule has 1 aromatic carbocycles. The van der Waals surface area contributed by atoms with Gasteiger partial charge in [-0.15, -0.1) is 0 Å². The van der Waals surface area contributed by atoms with Crippen molar-refractivity contribution in [3.8, 4) is 0 Å². The molecule has 1 atom stereocenters. The molecule has 0 aliphatic heterocycles. The van der Waals surface area contributed by atoms with E-state index in [4.69, 9.17) is 5.73 Å². The standard InChI is InChI=1S/C15H23FN2O/c1-12(13-7-6-8-14(16)11-13)18-15(19)9-4-2-3-5-10-17/h6-8,11-12H,2-5,9-10,17H2,1H3,(H,18,19)/t12-/m1/s1. The Morgan fingerprint density at radius 2 is 2.05 bits per heavy atom. The lowest BCUT2D eigenvalue weighted by molar-refractivity contribution is -0.121. The van der Waals surface area contributed by atoms with Crippen LogP contribution in [-0.2, 0) is 4.79 Å². The molecule has 0 bridgehead atoms. The average molecular weight is 266 g/mol. The molecule has 4 heteroatoms. The van der Waals surface area contributed by atoms with Gasteiger partial charge in [0.05, 0.1) is 6.04 Å². The summed E-state index contributed by atoms with van der Waals surface area (Å²) in [5.74, 6) is -0.259. The highest BCUT2D eigenvalue weighted by molar-refractivity contribution is 5.76. The highest BCUT2D eigenvalue weighted by atomic mass is 19.1. The van der Waals surface area contributed by atoms with Crippen LogP contribution in [0, 0.1) is 5.82 Å². The zero-order chi connectivity index (χ0) is 14.1. The Morgan fingerprint density at radius 1 is 1.32 bits per heavy atom. The number of hydrogen-bond acceptors (Lipinski definition) is 2. The summed E-state index contributed by atoms with van der Waals surface area (Å²) in [7, 11) is 0. The topological polar surface area (TPSA) is 55.1 Å². The minimum absolute atomic E-state index is 0.0181. The van der Waals surface area contributed by atoms with Gasteiger partial charge in [0, 0.05) is 6.42 Å². The predicted molar refractivity (Wildman–Crippen MR) is 75.1 cm³/mol. The van der Waals surface area contributed by atoms with Crippen molar-refractivity contribution in [2.75, 3.05) is 6.54 Å². The maximum atomic E-state index is 13.1. The first-order valence-corrected chi connectivity index (χ1v) is 6.88. The Morgan fingerprint density at radius 3 is 2.74 bits per heavy atom. The highest BCUT2D eigenvalue weighted by Gasteiger charge is 2.09. The van der Waals surface area contributed by atoms with Crippen LogP contribution in [-0.4, -0.2) is 12.5 Å². The zero-order valence-corrected chi connectivity index (χ0v) is 11.5. The number of halogens is 1. The minimum atomic E-state index is -0.277. The van der Waals surface area contributed by atoms with Crippen LogP contribution < -0.4 is 11.1 Å². The van der Waals surface area contributed by atoms with Gasteiger partial charge in [-0.1, -0.05) is 25.0 Å². The minimum Gasteiger partial charge on any atom is -0.350 e. The zero-order valence-electron chi connectivity index (χ0n) is 11.5. The number of nitrogens with two attached hydrogens (primary N) is 1. The maximum Gasteiger partial charge on any atom is 0.220 e. The van der Waals surface area contributed by atoms with Crippen molar-refractivity contribution in [3.63, 3.8) is 0 Å². The second-order valence-corrected chi connectivity index (χ2v) is 4.80. The van der Waals surface area contributed by atoms with Crippen LogP contribution in [0.1, 0.15) is 50.6 Å². The number of unbranched alkanes of at least 4 members (excludes halogenated alkanes) is 3. The summed E-state index contributed by atoms with van der Waals surface area (Å²) in [5, 5.41) is 2.88. The van der Waals surface area contributed by atoms with Crippen LogP contribution in [0.25, 0.3) is 0 Å². The van der Waals surface area contributed by atoms with Crippen LogP contribution in [0.15, 0.2) is 24.3 Å². The molecule has 0 saturated carbocycles. The van der Waals surface area contributed by atoms with E-state index in [0.29, 0.717) is 13.0 Å². The van der Waals surface area contributed by atoms with Gasteiger partial charge in [-0.05, 0) is 44.0 Å². The summed E-state index contributed by atoms with van der Waals surface area (Å²) in [4.78, 5) is 11.7. The summed E-state index contributed by atoms with van der Waals surface area (Å²) in [6, 6.07) is 6.16. The summed E-state index contributed by atoms with van der Waals surface area (Å²) >= 11 is 0. The first-order valence-electron chi connectivity index (χ1n) is 6.88. The maximum absolute atomic E-state index is 13.1. The average Bonchev–Trinajstić information content (AvgIpc) is 2.38.